The van der Waals surface area contributed by atoms with Crippen molar-refractivity contribution in [2.75, 3.05) is 20.3 Å². The SMILES string of the molecule is COC(=O)c1c(OC[C@H]2C[C@@H](O[Si](c3ccccc3)(c3ccccc3)C(C)(C)C)CN2C(=O)OC(C)(C)C)cc(C)c(Cl)c1O. The highest BCUT2D eigenvalue weighted by Gasteiger charge is 2.53. The molecule has 1 fully saturated rings. The Morgan fingerprint density at radius 3 is 2.02 bits per heavy atom. The van der Waals surface area contributed by atoms with E-state index in [1.807, 2.05) is 57.2 Å². The summed E-state index contributed by atoms with van der Waals surface area (Å²) >= 11 is 6.23. The van der Waals surface area contributed by atoms with Crippen molar-refractivity contribution in [1.82, 2.24) is 4.90 Å². The van der Waals surface area contributed by atoms with Crippen molar-refractivity contribution in [3.8, 4) is 11.5 Å². The van der Waals surface area contributed by atoms with Crippen molar-refractivity contribution in [2.45, 2.75) is 77.7 Å². The highest BCUT2D eigenvalue weighted by atomic mass is 35.5. The molecule has 10 heteroatoms. The molecule has 8 nitrogen and oxygen atoms in total. The molecule has 3 aromatic rings. The number of amides is 1. The third kappa shape index (κ3) is 7.32. The predicted molar refractivity (Wildman–Crippen MR) is 179 cm³/mol. The van der Waals surface area contributed by atoms with Gasteiger partial charge >= 0.3 is 12.1 Å². The van der Waals surface area contributed by atoms with Crippen molar-refractivity contribution < 1.29 is 33.3 Å². The van der Waals surface area contributed by atoms with Crippen LogP contribution >= 0.6 is 11.6 Å². The molecule has 1 aliphatic heterocycles. The molecule has 3 aromatic carbocycles. The minimum Gasteiger partial charge on any atom is -0.505 e. The molecule has 0 spiro atoms. The van der Waals surface area contributed by atoms with E-state index in [-0.39, 0.29) is 34.1 Å². The Kier molecular flexibility index (Phi) is 10.3. The van der Waals surface area contributed by atoms with Gasteiger partial charge in [-0.25, -0.2) is 9.59 Å². The molecule has 1 amide bonds. The predicted octanol–water partition coefficient (Wildman–Crippen LogP) is 6.47. The largest absolute Gasteiger partial charge is 0.505 e. The summed E-state index contributed by atoms with van der Waals surface area (Å²) in [6.45, 7) is 14.1. The fourth-order valence-electron chi connectivity index (χ4n) is 5.95. The molecule has 0 radical (unpaired) electrons. The van der Waals surface area contributed by atoms with Crippen LogP contribution in [-0.4, -0.2) is 68.4 Å². The molecule has 1 N–H and O–H groups in total. The first kappa shape index (κ1) is 34.3. The number of benzene rings is 3. The third-order valence-electron chi connectivity index (χ3n) is 7.97. The molecular formula is C35H44ClNO7Si. The maximum absolute atomic E-state index is 13.6. The molecular weight excluding hydrogens is 610 g/mol. The van der Waals surface area contributed by atoms with E-state index in [9.17, 15) is 14.7 Å². The van der Waals surface area contributed by atoms with Gasteiger partial charge in [0.2, 0.25) is 0 Å². The number of likely N-dealkylation sites (tertiary alicyclic amines) is 1. The number of aromatic hydroxyl groups is 1. The summed E-state index contributed by atoms with van der Waals surface area (Å²) in [4.78, 5) is 27.8. The second kappa shape index (κ2) is 13.4. The monoisotopic (exact) mass is 653 g/mol. The molecule has 1 heterocycles. The lowest BCUT2D eigenvalue weighted by Crippen LogP contribution is -2.67. The van der Waals surface area contributed by atoms with Gasteiger partial charge in [0.15, 0.2) is 5.75 Å². The van der Waals surface area contributed by atoms with Crippen LogP contribution in [0.15, 0.2) is 66.7 Å². The third-order valence-corrected chi connectivity index (χ3v) is 13.5. The first-order valence-electron chi connectivity index (χ1n) is 15.1. The van der Waals surface area contributed by atoms with Gasteiger partial charge in [-0.3, -0.25) is 4.90 Å². The summed E-state index contributed by atoms with van der Waals surface area (Å²) in [5.74, 6) is -1.09. The number of phenolic OH excluding ortho intramolecular Hbond substituents is 1. The summed E-state index contributed by atoms with van der Waals surface area (Å²) < 4.78 is 24.2. The zero-order chi connectivity index (χ0) is 33.2. The van der Waals surface area contributed by atoms with E-state index in [2.05, 4.69) is 45.0 Å². The van der Waals surface area contributed by atoms with E-state index in [1.54, 1.807) is 17.9 Å². The lowest BCUT2D eigenvalue weighted by molar-refractivity contribution is 0.0173. The minimum atomic E-state index is -2.92. The maximum Gasteiger partial charge on any atom is 0.410 e. The normalized spacial score (nSPS) is 17.2. The standard InChI is InChI=1S/C35H44ClNO7Si/c1-23-19-28(29(32(39)41-8)31(38)30(23)36)42-22-24-20-25(21-37(24)33(40)43-34(2,3)4)44-45(35(5,6)7,26-15-11-9-12-16-26)27-17-13-10-14-18-27/h9-19,24-25,38H,20-22H2,1-8H3/t24-,25-/m1/s1. The first-order valence-corrected chi connectivity index (χ1v) is 17.4. The summed E-state index contributed by atoms with van der Waals surface area (Å²) in [7, 11) is -1.70. The van der Waals surface area contributed by atoms with Gasteiger partial charge in [0.1, 0.15) is 23.5 Å². The van der Waals surface area contributed by atoms with Crippen molar-refractivity contribution >= 4 is 42.4 Å². The van der Waals surface area contributed by atoms with E-state index in [4.69, 9.17) is 30.2 Å². The molecule has 2 atom stereocenters. The van der Waals surface area contributed by atoms with Gasteiger partial charge in [-0.05, 0) is 61.2 Å². The highest BCUT2D eigenvalue weighted by molar-refractivity contribution is 6.99. The number of hydrogen-bond donors (Lipinski definition) is 1. The molecule has 0 saturated carbocycles. The number of rotatable bonds is 8. The number of carbonyl (C=O) groups excluding carboxylic acids is 2. The number of methoxy groups -OCH3 is 1. The van der Waals surface area contributed by atoms with Crippen molar-refractivity contribution in [3.63, 3.8) is 0 Å². The second-order valence-electron chi connectivity index (χ2n) is 13.5. The number of nitrogens with zero attached hydrogens (tertiary/aromatic N) is 1. The Hall–Kier alpha value is -3.53. The lowest BCUT2D eigenvalue weighted by Gasteiger charge is -2.44. The summed E-state index contributed by atoms with van der Waals surface area (Å²) in [5.41, 5.74) is -0.355. The van der Waals surface area contributed by atoms with Gasteiger partial charge in [0.25, 0.3) is 8.32 Å². The molecule has 1 aliphatic rings. The Labute approximate surface area is 272 Å². The smallest absolute Gasteiger partial charge is 0.410 e. The zero-order valence-corrected chi connectivity index (χ0v) is 29.1. The molecule has 0 aliphatic carbocycles. The molecule has 1 saturated heterocycles. The number of halogens is 1. The quantitative estimate of drug-likeness (QED) is 0.220. The van der Waals surface area contributed by atoms with Crippen LogP contribution in [0.3, 0.4) is 0 Å². The Balaban J connectivity index is 1.73. The fraction of sp³-hybridized carbons (Fsp3) is 0.429. The topological polar surface area (TPSA) is 94.5 Å². The number of ether oxygens (including phenoxy) is 3. The van der Waals surface area contributed by atoms with Crippen molar-refractivity contribution in [3.05, 3.63) is 82.9 Å². The Bertz CT molecular complexity index is 1460. The summed E-state index contributed by atoms with van der Waals surface area (Å²) in [5, 5.41) is 12.7. The van der Waals surface area contributed by atoms with Gasteiger partial charge in [0, 0.05) is 6.54 Å². The van der Waals surface area contributed by atoms with E-state index >= 15 is 0 Å². The molecule has 0 unspecified atom stereocenters. The van der Waals surface area contributed by atoms with E-state index in [1.165, 1.54) is 7.11 Å². The van der Waals surface area contributed by atoms with Crippen LogP contribution in [0.25, 0.3) is 0 Å². The van der Waals surface area contributed by atoms with Crippen LogP contribution in [0.1, 0.15) is 63.9 Å². The van der Waals surface area contributed by atoms with Crippen LogP contribution in [0.4, 0.5) is 4.79 Å². The van der Waals surface area contributed by atoms with Gasteiger partial charge in [0.05, 0.1) is 24.3 Å². The number of phenols is 1. The van der Waals surface area contributed by atoms with Crippen LogP contribution in [0, 0.1) is 6.92 Å². The fourth-order valence-corrected chi connectivity index (χ4v) is 10.8. The van der Waals surface area contributed by atoms with Crippen LogP contribution in [-0.2, 0) is 13.9 Å². The maximum atomic E-state index is 13.6. The highest BCUT2D eigenvalue weighted by Crippen LogP contribution is 2.41. The molecule has 0 aromatic heterocycles. The van der Waals surface area contributed by atoms with Gasteiger partial charge < -0.3 is 23.7 Å². The Morgan fingerprint density at radius 2 is 1.53 bits per heavy atom. The van der Waals surface area contributed by atoms with Crippen molar-refractivity contribution in [2.24, 2.45) is 0 Å². The average Bonchev–Trinajstić information content (AvgIpc) is 3.39. The molecule has 0 bridgehead atoms. The lowest BCUT2D eigenvalue weighted by atomic mass is 10.1. The number of aryl methyl sites for hydroxylation is 1. The molecule has 45 heavy (non-hydrogen) atoms. The molecule has 4 rings (SSSR count). The number of carbonyl (C=O) groups is 2. The van der Waals surface area contributed by atoms with Gasteiger partial charge in [-0.1, -0.05) is 93.0 Å². The Morgan fingerprint density at radius 1 is 0.978 bits per heavy atom. The summed E-state index contributed by atoms with van der Waals surface area (Å²) in [6.07, 6.45) is -0.346. The first-order chi connectivity index (χ1) is 21.1. The number of esters is 1. The van der Waals surface area contributed by atoms with Gasteiger partial charge in [-0.2, -0.15) is 0 Å². The van der Waals surface area contributed by atoms with Gasteiger partial charge in [-0.15, -0.1) is 0 Å². The second-order valence-corrected chi connectivity index (χ2v) is 18.1. The minimum absolute atomic E-state index is 0.0182. The number of hydrogen-bond acceptors (Lipinski definition) is 7. The van der Waals surface area contributed by atoms with Crippen LogP contribution in [0.2, 0.25) is 10.1 Å². The average molecular weight is 654 g/mol. The van der Waals surface area contributed by atoms with E-state index in [0.29, 0.717) is 18.5 Å². The summed E-state index contributed by atoms with van der Waals surface area (Å²) in [6, 6.07) is 21.8. The molecule has 242 valence electrons. The van der Waals surface area contributed by atoms with Crippen LogP contribution < -0.4 is 15.1 Å². The van der Waals surface area contributed by atoms with Crippen LogP contribution in [0.5, 0.6) is 11.5 Å². The van der Waals surface area contributed by atoms with E-state index < -0.39 is 37.8 Å². The zero-order valence-electron chi connectivity index (χ0n) is 27.3. The van der Waals surface area contributed by atoms with E-state index in [0.717, 1.165) is 10.4 Å². The van der Waals surface area contributed by atoms with Crippen molar-refractivity contribution in [1.29, 1.82) is 0 Å².